The van der Waals surface area contributed by atoms with Crippen LogP contribution in [0.4, 0.5) is 11.4 Å². The van der Waals surface area contributed by atoms with Crippen LogP contribution in [0.5, 0.6) is 0 Å². The molecule has 0 aliphatic heterocycles. The molecule has 0 saturated carbocycles. The van der Waals surface area contributed by atoms with Gasteiger partial charge in [-0.05, 0) is 55.0 Å². The van der Waals surface area contributed by atoms with E-state index in [-0.39, 0.29) is 17.0 Å². The van der Waals surface area contributed by atoms with Crippen LogP contribution in [0.25, 0.3) is 0 Å². The second-order valence-corrected chi connectivity index (χ2v) is 11.8. The predicted molar refractivity (Wildman–Crippen MR) is 124 cm³/mol. The lowest BCUT2D eigenvalue weighted by Gasteiger charge is -2.16. The molecule has 1 atom stereocenters. The summed E-state index contributed by atoms with van der Waals surface area (Å²) in [6.07, 6.45) is -0.0461. The van der Waals surface area contributed by atoms with E-state index in [0.29, 0.717) is 10.7 Å². The number of nitrogens with zero attached hydrogens (tertiary/aromatic N) is 1. The van der Waals surface area contributed by atoms with Crippen molar-refractivity contribution in [3.05, 3.63) is 53.6 Å². The fourth-order valence-corrected chi connectivity index (χ4v) is 5.32. The van der Waals surface area contributed by atoms with Crippen molar-refractivity contribution in [2.45, 2.75) is 23.5 Å². The van der Waals surface area contributed by atoms with Crippen LogP contribution < -0.4 is 10.6 Å². The molecule has 0 spiro atoms. The van der Waals surface area contributed by atoms with Crippen molar-refractivity contribution in [2.75, 3.05) is 30.5 Å². The minimum absolute atomic E-state index is 0.0269. The van der Waals surface area contributed by atoms with Crippen molar-refractivity contribution >= 4 is 54.7 Å². The molecule has 32 heavy (non-hydrogen) atoms. The Labute approximate surface area is 192 Å². The SMILES string of the molecule is CCC(C(=O)Nc1ccc(S(=O)(=O)N(C)C)cc1)S(=O)(=O)CC(=O)Nc1ccc(Cl)cc1. The number of hydrogen-bond donors (Lipinski definition) is 2. The van der Waals surface area contributed by atoms with Gasteiger partial charge in [0.1, 0.15) is 11.0 Å². The first kappa shape index (κ1) is 25.8. The quantitative estimate of drug-likeness (QED) is 0.542. The average molecular weight is 502 g/mol. The Morgan fingerprint density at radius 1 is 0.906 bits per heavy atom. The standard InChI is InChI=1S/C20H24ClN3O6S2/c1-4-18(31(27,28)13-19(25)22-15-7-5-14(21)6-8-15)20(26)23-16-9-11-17(12-10-16)32(29,30)24(2)3/h5-12,18H,4,13H2,1-3H3,(H,22,25)(H,23,26). The number of nitrogens with one attached hydrogen (secondary N) is 2. The molecular formula is C20H24ClN3O6S2. The Morgan fingerprint density at radius 2 is 1.41 bits per heavy atom. The summed E-state index contributed by atoms with van der Waals surface area (Å²) in [5.41, 5.74) is 0.604. The van der Waals surface area contributed by atoms with Gasteiger partial charge in [0, 0.05) is 30.5 Å². The van der Waals surface area contributed by atoms with Crippen LogP contribution in [0.2, 0.25) is 5.02 Å². The molecule has 0 fully saturated rings. The highest BCUT2D eigenvalue weighted by atomic mass is 35.5. The number of sulfonamides is 1. The van der Waals surface area contributed by atoms with E-state index >= 15 is 0 Å². The van der Waals surface area contributed by atoms with Crippen molar-refractivity contribution in [3.8, 4) is 0 Å². The molecule has 2 aromatic rings. The van der Waals surface area contributed by atoms with Gasteiger partial charge in [0.25, 0.3) is 0 Å². The van der Waals surface area contributed by atoms with Crippen LogP contribution >= 0.6 is 11.6 Å². The van der Waals surface area contributed by atoms with E-state index in [1.165, 1.54) is 57.4 Å². The maximum atomic E-state index is 12.7. The molecule has 9 nitrogen and oxygen atoms in total. The molecule has 0 aliphatic carbocycles. The third kappa shape index (κ3) is 6.52. The summed E-state index contributed by atoms with van der Waals surface area (Å²) >= 11 is 5.78. The van der Waals surface area contributed by atoms with Gasteiger partial charge in [0.2, 0.25) is 21.8 Å². The Balaban J connectivity index is 2.08. The van der Waals surface area contributed by atoms with Gasteiger partial charge < -0.3 is 10.6 Å². The summed E-state index contributed by atoms with van der Waals surface area (Å²) in [5.74, 6) is -2.46. The van der Waals surface area contributed by atoms with E-state index in [1.807, 2.05) is 0 Å². The van der Waals surface area contributed by atoms with E-state index in [0.717, 1.165) is 4.31 Å². The van der Waals surface area contributed by atoms with Crippen molar-refractivity contribution in [2.24, 2.45) is 0 Å². The topological polar surface area (TPSA) is 130 Å². The Morgan fingerprint density at radius 3 is 1.91 bits per heavy atom. The number of hydrogen-bond acceptors (Lipinski definition) is 6. The molecule has 0 aliphatic rings. The molecule has 2 amide bonds. The molecule has 0 heterocycles. The zero-order valence-corrected chi connectivity index (χ0v) is 20.1. The highest BCUT2D eigenvalue weighted by Crippen LogP contribution is 2.19. The van der Waals surface area contributed by atoms with Crippen LogP contribution in [-0.2, 0) is 29.4 Å². The molecule has 2 N–H and O–H groups in total. The largest absolute Gasteiger partial charge is 0.325 e. The predicted octanol–water partition coefficient (Wildman–Crippen LogP) is 2.36. The number of halogens is 1. The maximum absolute atomic E-state index is 12.7. The zero-order chi connectivity index (χ0) is 24.1. The molecule has 2 rings (SSSR count). The number of sulfone groups is 1. The summed E-state index contributed by atoms with van der Waals surface area (Å²) < 4.78 is 50.6. The maximum Gasteiger partial charge on any atom is 0.242 e. The van der Waals surface area contributed by atoms with E-state index in [9.17, 15) is 26.4 Å². The molecule has 174 valence electrons. The first-order chi connectivity index (χ1) is 14.9. The third-order valence-corrected chi connectivity index (χ3v) is 8.62. The summed E-state index contributed by atoms with van der Waals surface area (Å²) in [7, 11) is -4.96. The number of carbonyl (C=O) groups is 2. The molecule has 0 bridgehead atoms. The van der Waals surface area contributed by atoms with Gasteiger partial charge in [-0.1, -0.05) is 18.5 Å². The first-order valence-electron chi connectivity index (χ1n) is 9.47. The van der Waals surface area contributed by atoms with Crippen LogP contribution in [0, 0.1) is 0 Å². The Kier molecular flexibility index (Phi) is 8.41. The first-order valence-corrected chi connectivity index (χ1v) is 13.0. The lowest BCUT2D eigenvalue weighted by atomic mass is 10.3. The van der Waals surface area contributed by atoms with Crippen molar-refractivity contribution in [1.82, 2.24) is 4.31 Å². The van der Waals surface area contributed by atoms with Gasteiger partial charge in [-0.25, -0.2) is 21.1 Å². The minimum atomic E-state index is -4.11. The van der Waals surface area contributed by atoms with E-state index in [2.05, 4.69) is 10.6 Å². The van der Waals surface area contributed by atoms with Crippen LogP contribution in [-0.4, -0.2) is 58.1 Å². The second kappa shape index (κ2) is 10.4. The Bertz CT molecular complexity index is 1180. The average Bonchev–Trinajstić information content (AvgIpc) is 2.69. The van der Waals surface area contributed by atoms with Gasteiger partial charge >= 0.3 is 0 Å². The molecule has 0 radical (unpaired) electrons. The van der Waals surface area contributed by atoms with E-state index in [4.69, 9.17) is 11.6 Å². The zero-order valence-electron chi connectivity index (χ0n) is 17.7. The summed E-state index contributed by atoms with van der Waals surface area (Å²) in [6.45, 7) is 1.52. The fourth-order valence-electron chi connectivity index (χ4n) is 2.76. The van der Waals surface area contributed by atoms with Crippen molar-refractivity contribution in [1.29, 1.82) is 0 Å². The van der Waals surface area contributed by atoms with Crippen LogP contribution in [0.15, 0.2) is 53.4 Å². The van der Waals surface area contributed by atoms with Crippen LogP contribution in [0.3, 0.4) is 0 Å². The van der Waals surface area contributed by atoms with Crippen molar-refractivity contribution in [3.63, 3.8) is 0 Å². The highest BCUT2D eigenvalue weighted by Gasteiger charge is 2.33. The van der Waals surface area contributed by atoms with Gasteiger partial charge in [0.15, 0.2) is 9.84 Å². The summed E-state index contributed by atoms with van der Waals surface area (Å²) in [4.78, 5) is 24.8. The number of anilines is 2. The molecule has 12 heteroatoms. The normalized spacial score (nSPS) is 12.9. The highest BCUT2D eigenvalue weighted by molar-refractivity contribution is 7.93. The van der Waals surface area contributed by atoms with Gasteiger partial charge in [-0.3, -0.25) is 9.59 Å². The van der Waals surface area contributed by atoms with Crippen molar-refractivity contribution < 1.29 is 26.4 Å². The minimum Gasteiger partial charge on any atom is -0.325 e. The third-order valence-electron chi connectivity index (χ3n) is 4.46. The van der Waals surface area contributed by atoms with E-state index in [1.54, 1.807) is 12.1 Å². The number of benzene rings is 2. The van der Waals surface area contributed by atoms with E-state index < -0.39 is 42.7 Å². The number of carbonyl (C=O) groups excluding carboxylic acids is 2. The molecular weight excluding hydrogens is 478 g/mol. The molecule has 2 aromatic carbocycles. The molecule has 0 aromatic heterocycles. The number of amides is 2. The van der Waals surface area contributed by atoms with Gasteiger partial charge in [-0.2, -0.15) is 0 Å². The Hall–Kier alpha value is -2.47. The molecule has 0 saturated heterocycles. The molecule has 1 unspecified atom stereocenters. The number of rotatable bonds is 9. The van der Waals surface area contributed by atoms with Gasteiger partial charge in [-0.15, -0.1) is 0 Å². The monoisotopic (exact) mass is 501 g/mol. The summed E-state index contributed by atoms with van der Waals surface area (Å²) in [5, 5.41) is 3.92. The van der Waals surface area contributed by atoms with Crippen LogP contribution in [0.1, 0.15) is 13.3 Å². The smallest absolute Gasteiger partial charge is 0.242 e. The second-order valence-electron chi connectivity index (χ2n) is 7.06. The lowest BCUT2D eigenvalue weighted by molar-refractivity contribution is -0.115. The summed E-state index contributed by atoms with van der Waals surface area (Å²) in [6, 6.07) is 11.5. The van der Waals surface area contributed by atoms with Gasteiger partial charge in [0.05, 0.1) is 4.90 Å². The fraction of sp³-hybridized carbons (Fsp3) is 0.300. The lowest BCUT2D eigenvalue weighted by Crippen LogP contribution is -2.39.